The predicted octanol–water partition coefficient (Wildman–Crippen LogP) is 1.90. The normalized spacial score (nSPS) is 11.4. The van der Waals surface area contributed by atoms with Crippen LogP contribution in [-0.2, 0) is 0 Å². The van der Waals surface area contributed by atoms with Gasteiger partial charge in [0.1, 0.15) is 12.4 Å². The minimum absolute atomic E-state index is 0.0101. The highest BCUT2D eigenvalue weighted by atomic mass is 32.2. The average Bonchev–Trinajstić information content (AvgIpc) is 2.43. The number of carbonyl (C=O) groups excluding carboxylic acids is 1. The fourth-order valence-corrected chi connectivity index (χ4v) is 2.31. The number of rotatable bonds is 5. The molecule has 1 atom stereocenters. The van der Waals surface area contributed by atoms with Gasteiger partial charge in [-0.05, 0) is 36.1 Å². The molecule has 1 aromatic rings. The highest BCUT2D eigenvalue weighted by Gasteiger charge is 2.12. The summed E-state index contributed by atoms with van der Waals surface area (Å²) in [4.78, 5) is 11.9. The van der Waals surface area contributed by atoms with Crippen molar-refractivity contribution in [3.05, 3.63) is 35.1 Å². The first-order valence-corrected chi connectivity index (χ1v) is 7.64. The summed E-state index contributed by atoms with van der Waals surface area (Å²) in [6.45, 7) is 2.27. The summed E-state index contributed by atoms with van der Waals surface area (Å²) in [5, 5.41) is 11.3. The van der Waals surface area contributed by atoms with Gasteiger partial charge in [-0.1, -0.05) is 18.8 Å². The monoisotopic (exact) mass is 295 g/mol. The van der Waals surface area contributed by atoms with Crippen molar-refractivity contribution in [3.63, 3.8) is 0 Å². The second-order valence-corrected chi connectivity index (χ2v) is 5.34. The van der Waals surface area contributed by atoms with Crippen LogP contribution in [0.4, 0.5) is 4.39 Å². The third kappa shape index (κ3) is 5.24. The van der Waals surface area contributed by atoms with E-state index in [0.29, 0.717) is 18.0 Å². The SMILES string of the molecule is CSCC(C)CNC(=O)c1ccc(C#CCO)cc1F. The molecular weight excluding hydrogens is 277 g/mol. The van der Waals surface area contributed by atoms with Crippen LogP contribution in [0.1, 0.15) is 22.8 Å². The number of carbonyl (C=O) groups is 1. The lowest BCUT2D eigenvalue weighted by atomic mass is 10.1. The molecule has 0 aromatic heterocycles. The van der Waals surface area contributed by atoms with Gasteiger partial charge in [-0.25, -0.2) is 4.39 Å². The van der Waals surface area contributed by atoms with Crippen LogP contribution in [0.15, 0.2) is 18.2 Å². The van der Waals surface area contributed by atoms with E-state index in [2.05, 4.69) is 17.2 Å². The topological polar surface area (TPSA) is 49.3 Å². The third-order valence-electron chi connectivity index (χ3n) is 2.59. The van der Waals surface area contributed by atoms with Crippen molar-refractivity contribution in [3.8, 4) is 11.8 Å². The molecule has 0 spiro atoms. The molecule has 1 amide bonds. The van der Waals surface area contributed by atoms with Gasteiger partial charge in [0.25, 0.3) is 5.91 Å². The summed E-state index contributed by atoms with van der Waals surface area (Å²) in [7, 11) is 0. The van der Waals surface area contributed by atoms with E-state index in [1.54, 1.807) is 17.8 Å². The van der Waals surface area contributed by atoms with Crippen LogP contribution in [0.25, 0.3) is 0 Å². The lowest BCUT2D eigenvalue weighted by Crippen LogP contribution is -2.29. The van der Waals surface area contributed by atoms with Crippen molar-refractivity contribution in [2.24, 2.45) is 5.92 Å². The second-order valence-electron chi connectivity index (χ2n) is 4.43. The van der Waals surface area contributed by atoms with Gasteiger partial charge in [0.2, 0.25) is 0 Å². The second kappa shape index (κ2) is 8.62. The molecule has 0 aliphatic rings. The molecule has 0 aliphatic heterocycles. The van der Waals surface area contributed by atoms with E-state index in [9.17, 15) is 9.18 Å². The molecular formula is C15H18FNO2S. The molecule has 20 heavy (non-hydrogen) atoms. The molecule has 108 valence electrons. The van der Waals surface area contributed by atoms with Crippen molar-refractivity contribution in [2.45, 2.75) is 6.92 Å². The van der Waals surface area contributed by atoms with Gasteiger partial charge in [0, 0.05) is 12.1 Å². The number of nitrogens with one attached hydrogen (secondary N) is 1. The third-order valence-corrected chi connectivity index (χ3v) is 3.49. The van der Waals surface area contributed by atoms with E-state index in [1.807, 2.05) is 13.2 Å². The fourth-order valence-electron chi connectivity index (χ4n) is 1.62. The van der Waals surface area contributed by atoms with Gasteiger partial charge in [0.15, 0.2) is 0 Å². The number of hydrogen-bond donors (Lipinski definition) is 2. The van der Waals surface area contributed by atoms with Gasteiger partial charge < -0.3 is 10.4 Å². The van der Waals surface area contributed by atoms with Crippen LogP contribution >= 0.6 is 11.8 Å². The van der Waals surface area contributed by atoms with Crippen molar-refractivity contribution >= 4 is 17.7 Å². The van der Waals surface area contributed by atoms with E-state index in [-0.39, 0.29) is 12.2 Å². The van der Waals surface area contributed by atoms with Crippen molar-refractivity contribution in [2.75, 3.05) is 25.2 Å². The Labute approximate surface area is 123 Å². The Hall–Kier alpha value is -1.51. The zero-order chi connectivity index (χ0) is 15.0. The highest BCUT2D eigenvalue weighted by Crippen LogP contribution is 2.10. The van der Waals surface area contributed by atoms with Crippen LogP contribution < -0.4 is 5.32 Å². The largest absolute Gasteiger partial charge is 0.384 e. The van der Waals surface area contributed by atoms with Gasteiger partial charge in [0.05, 0.1) is 5.56 Å². The molecule has 0 radical (unpaired) electrons. The Kier molecular flexibility index (Phi) is 7.13. The summed E-state index contributed by atoms with van der Waals surface area (Å²) < 4.78 is 13.8. The average molecular weight is 295 g/mol. The van der Waals surface area contributed by atoms with Crippen molar-refractivity contribution in [1.82, 2.24) is 5.32 Å². The molecule has 0 fully saturated rings. The molecule has 1 unspecified atom stereocenters. The molecule has 2 N–H and O–H groups in total. The Bertz CT molecular complexity index is 522. The smallest absolute Gasteiger partial charge is 0.254 e. The predicted molar refractivity (Wildman–Crippen MR) is 80.2 cm³/mol. The molecule has 0 saturated carbocycles. The number of thioether (sulfide) groups is 1. The zero-order valence-electron chi connectivity index (χ0n) is 11.6. The van der Waals surface area contributed by atoms with E-state index in [1.165, 1.54) is 12.1 Å². The molecule has 0 saturated heterocycles. The maximum atomic E-state index is 13.8. The first kappa shape index (κ1) is 16.5. The van der Waals surface area contributed by atoms with Crippen molar-refractivity contribution in [1.29, 1.82) is 0 Å². The first-order chi connectivity index (χ1) is 9.58. The lowest BCUT2D eigenvalue weighted by Gasteiger charge is -2.11. The van der Waals surface area contributed by atoms with E-state index in [0.717, 1.165) is 5.75 Å². The molecule has 0 aliphatic carbocycles. The number of hydrogen-bond acceptors (Lipinski definition) is 3. The number of aliphatic hydroxyl groups excluding tert-OH is 1. The Morgan fingerprint density at radius 3 is 2.90 bits per heavy atom. The Morgan fingerprint density at radius 1 is 1.55 bits per heavy atom. The minimum atomic E-state index is -0.607. The van der Waals surface area contributed by atoms with E-state index < -0.39 is 11.7 Å². The summed E-state index contributed by atoms with van der Waals surface area (Å²) in [6.07, 6.45) is 2.00. The lowest BCUT2D eigenvalue weighted by molar-refractivity contribution is 0.0945. The molecule has 0 bridgehead atoms. The van der Waals surface area contributed by atoms with Crippen LogP contribution in [0.5, 0.6) is 0 Å². The van der Waals surface area contributed by atoms with E-state index in [4.69, 9.17) is 5.11 Å². The number of amides is 1. The summed E-state index contributed by atoms with van der Waals surface area (Å²) >= 11 is 1.71. The van der Waals surface area contributed by atoms with Crippen LogP contribution in [-0.4, -0.2) is 36.2 Å². The number of halogens is 1. The first-order valence-electron chi connectivity index (χ1n) is 6.25. The summed E-state index contributed by atoms with van der Waals surface area (Å²) in [5.74, 6) is 5.28. The quantitative estimate of drug-likeness (QED) is 0.816. The standard InChI is InChI=1S/C15H18FNO2S/c1-11(10-20-2)9-17-15(19)13-6-5-12(4-3-7-18)8-14(13)16/h5-6,8,11,18H,7,9-10H2,1-2H3,(H,17,19). The van der Waals surface area contributed by atoms with Crippen LogP contribution in [0, 0.1) is 23.6 Å². The Balaban J connectivity index is 2.69. The van der Waals surface area contributed by atoms with E-state index >= 15 is 0 Å². The fraction of sp³-hybridized carbons (Fsp3) is 0.400. The summed E-state index contributed by atoms with van der Waals surface area (Å²) in [6, 6.07) is 4.17. The highest BCUT2D eigenvalue weighted by molar-refractivity contribution is 7.98. The maximum Gasteiger partial charge on any atom is 0.254 e. The molecule has 1 rings (SSSR count). The van der Waals surface area contributed by atoms with Gasteiger partial charge in [-0.2, -0.15) is 11.8 Å². The van der Waals surface area contributed by atoms with Crippen LogP contribution in [0.3, 0.4) is 0 Å². The molecule has 1 aromatic carbocycles. The summed E-state index contributed by atoms with van der Waals surface area (Å²) in [5.41, 5.74) is 0.444. The van der Waals surface area contributed by atoms with Crippen molar-refractivity contribution < 1.29 is 14.3 Å². The minimum Gasteiger partial charge on any atom is -0.384 e. The molecule has 0 heterocycles. The van der Waals surface area contributed by atoms with Crippen LogP contribution in [0.2, 0.25) is 0 Å². The van der Waals surface area contributed by atoms with Gasteiger partial charge in [-0.15, -0.1) is 0 Å². The number of aliphatic hydroxyl groups is 1. The molecule has 5 heteroatoms. The zero-order valence-corrected chi connectivity index (χ0v) is 12.4. The van der Waals surface area contributed by atoms with Gasteiger partial charge >= 0.3 is 0 Å². The number of benzene rings is 1. The van der Waals surface area contributed by atoms with Gasteiger partial charge in [-0.3, -0.25) is 4.79 Å². The molecule has 3 nitrogen and oxygen atoms in total. The maximum absolute atomic E-state index is 13.8. The Morgan fingerprint density at radius 2 is 2.30 bits per heavy atom.